The second-order valence-electron chi connectivity index (χ2n) is 5.32. The minimum absolute atomic E-state index is 0.516. The summed E-state index contributed by atoms with van der Waals surface area (Å²) in [4.78, 5) is 11.8. The van der Waals surface area contributed by atoms with Crippen molar-refractivity contribution in [1.82, 2.24) is 0 Å². The van der Waals surface area contributed by atoms with Gasteiger partial charge < -0.3 is 16.2 Å². The fourth-order valence-electron chi connectivity index (χ4n) is 2.12. The molecule has 4 N–H and O–H groups in total. The molecular weight excluding hydrogens is 278 g/mol. The molecule has 2 aromatic carbocycles. The first-order valence-electron chi connectivity index (χ1n) is 6.75. The lowest BCUT2D eigenvalue weighted by Crippen LogP contribution is -2.40. The Morgan fingerprint density at radius 3 is 2.41 bits per heavy atom. The molecule has 0 radical (unpaired) electrons. The lowest BCUT2D eigenvalue weighted by atomic mass is 9.90. The summed E-state index contributed by atoms with van der Waals surface area (Å²) in [5.74, 6) is -1.01. The molecule has 0 heterocycles. The minimum atomic E-state index is -1.32. The lowest BCUT2D eigenvalue weighted by Gasteiger charge is -2.28. The SMILES string of the molecule is Cc1ccc(C(C)(Nc2ccc(C#N)cc2)C(=O)O)cc1N. The zero-order valence-electron chi connectivity index (χ0n) is 12.4. The third-order valence-electron chi connectivity index (χ3n) is 3.69. The molecular formula is C17H17N3O2. The van der Waals surface area contributed by atoms with Gasteiger partial charge >= 0.3 is 5.97 Å². The van der Waals surface area contributed by atoms with E-state index >= 15 is 0 Å². The van der Waals surface area contributed by atoms with E-state index in [1.165, 1.54) is 0 Å². The molecule has 5 nitrogen and oxygen atoms in total. The number of nitrogen functional groups attached to an aromatic ring is 1. The van der Waals surface area contributed by atoms with Crippen LogP contribution in [0.25, 0.3) is 0 Å². The number of hydrogen-bond acceptors (Lipinski definition) is 4. The number of rotatable bonds is 4. The van der Waals surface area contributed by atoms with Crippen LogP contribution >= 0.6 is 0 Å². The van der Waals surface area contributed by atoms with Gasteiger partial charge in [-0.25, -0.2) is 4.79 Å². The van der Waals surface area contributed by atoms with Crippen LogP contribution < -0.4 is 11.1 Å². The van der Waals surface area contributed by atoms with Crippen LogP contribution in [0.2, 0.25) is 0 Å². The molecule has 2 rings (SSSR count). The third kappa shape index (κ3) is 2.86. The van der Waals surface area contributed by atoms with Gasteiger partial charge in [-0.2, -0.15) is 5.26 Å². The Labute approximate surface area is 129 Å². The Morgan fingerprint density at radius 2 is 1.91 bits per heavy atom. The highest BCUT2D eigenvalue weighted by Crippen LogP contribution is 2.29. The highest BCUT2D eigenvalue weighted by Gasteiger charge is 2.35. The summed E-state index contributed by atoms with van der Waals surface area (Å²) in [6.07, 6.45) is 0. The first-order chi connectivity index (χ1) is 10.4. The summed E-state index contributed by atoms with van der Waals surface area (Å²) < 4.78 is 0. The molecule has 0 aromatic heterocycles. The highest BCUT2D eigenvalue weighted by molar-refractivity contribution is 5.84. The number of nitrogens with two attached hydrogens (primary N) is 1. The predicted octanol–water partition coefficient (Wildman–Crippen LogP) is 2.86. The van der Waals surface area contributed by atoms with Gasteiger partial charge in [0.1, 0.15) is 0 Å². The fourth-order valence-corrected chi connectivity index (χ4v) is 2.12. The van der Waals surface area contributed by atoms with Crippen molar-refractivity contribution < 1.29 is 9.90 Å². The molecule has 1 unspecified atom stereocenters. The van der Waals surface area contributed by atoms with Crippen LogP contribution in [0.15, 0.2) is 42.5 Å². The van der Waals surface area contributed by atoms with Crippen LogP contribution in [0, 0.1) is 18.3 Å². The van der Waals surface area contributed by atoms with Gasteiger partial charge in [0.05, 0.1) is 11.6 Å². The molecule has 2 aromatic rings. The molecule has 0 spiro atoms. The molecule has 0 aliphatic carbocycles. The molecule has 0 saturated heterocycles. The second kappa shape index (κ2) is 5.78. The quantitative estimate of drug-likeness (QED) is 0.753. The first kappa shape index (κ1) is 15.4. The Bertz CT molecular complexity index is 747. The van der Waals surface area contributed by atoms with Crippen molar-refractivity contribution >= 4 is 17.3 Å². The number of benzene rings is 2. The molecule has 22 heavy (non-hydrogen) atoms. The van der Waals surface area contributed by atoms with Gasteiger partial charge in [-0.05, 0) is 55.3 Å². The van der Waals surface area contributed by atoms with Gasteiger partial charge in [0.15, 0.2) is 5.54 Å². The summed E-state index contributed by atoms with van der Waals surface area (Å²) >= 11 is 0. The molecule has 0 bridgehead atoms. The standard InChI is InChI=1S/C17H17N3O2/c1-11-3-6-13(9-15(11)19)17(2,16(21)22)20-14-7-4-12(10-18)5-8-14/h3-9,20H,19H2,1-2H3,(H,21,22). The van der Waals surface area contributed by atoms with Crippen LogP contribution in [0.1, 0.15) is 23.6 Å². The number of aliphatic carboxylic acids is 1. The summed E-state index contributed by atoms with van der Waals surface area (Å²) in [6, 6.07) is 13.9. The number of nitrogens with zero attached hydrogens (tertiary/aromatic N) is 1. The number of nitrogens with one attached hydrogen (secondary N) is 1. The minimum Gasteiger partial charge on any atom is -0.479 e. The number of carbonyl (C=O) groups is 1. The topological polar surface area (TPSA) is 99.1 Å². The van der Waals surface area contributed by atoms with Crippen LogP contribution in [0.5, 0.6) is 0 Å². The summed E-state index contributed by atoms with van der Waals surface area (Å²) in [5.41, 5.74) is 7.71. The zero-order chi connectivity index (χ0) is 16.3. The van der Waals surface area contributed by atoms with Gasteiger partial charge in [-0.3, -0.25) is 0 Å². The maximum absolute atomic E-state index is 11.8. The van der Waals surface area contributed by atoms with Crippen LogP contribution in [-0.4, -0.2) is 11.1 Å². The smallest absolute Gasteiger partial charge is 0.333 e. The molecule has 0 fully saturated rings. The average Bonchev–Trinajstić information content (AvgIpc) is 2.50. The van der Waals surface area contributed by atoms with E-state index in [0.717, 1.165) is 5.56 Å². The largest absolute Gasteiger partial charge is 0.479 e. The predicted molar refractivity (Wildman–Crippen MR) is 85.4 cm³/mol. The van der Waals surface area contributed by atoms with Gasteiger partial charge in [-0.15, -0.1) is 0 Å². The average molecular weight is 295 g/mol. The van der Waals surface area contributed by atoms with Crippen molar-refractivity contribution in [3.63, 3.8) is 0 Å². The van der Waals surface area contributed by atoms with Crippen molar-refractivity contribution in [2.75, 3.05) is 11.1 Å². The van der Waals surface area contributed by atoms with E-state index < -0.39 is 11.5 Å². The summed E-state index contributed by atoms with van der Waals surface area (Å²) in [7, 11) is 0. The Kier molecular flexibility index (Phi) is 4.04. The molecule has 0 saturated carbocycles. The van der Waals surface area contributed by atoms with Crippen LogP contribution in [-0.2, 0) is 10.3 Å². The number of hydrogen-bond donors (Lipinski definition) is 3. The summed E-state index contributed by atoms with van der Waals surface area (Å²) in [5, 5.41) is 21.5. The zero-order valence-corrected chi connectivity index (χ0v) is 12.4. The number of carboxylic acid groups (broad SMARTS) is 1. The lowest BCUT2D eigenvalue weighted by molar-refractivity contribution is -0.142. The van der Waals surface area contributed by atoms with Crippen molar-refractivity contribution in [3.8, 4) is 6.07 Å². The van der Waals surface area contributed by atoms with Crippen molar-refractivity contribution in [1.29, 1.82) is 5.26 Å². The van der Waals surface area contributed by atoms with Crippen LogP contribution in [0.4, 0.5) is 11.4 Å². The van der Waals surface area contributed by atoms with E-state index in [9.17, 15) is 9.90 Å². The van der Waals surface area contributed by atoms with E-state index in [1.807, 2.05) is 13.0 Å². The molecule has 1 atom stereocenters. The van der Waals surface area contributed by atoms with E-state index in [-0.39, 0.29) is 0 Å². The monoisotopic (exact) mass is 295 g/mol. The highest BCUT2D eigenvalue weighted by atomic mass is 16.4. The van der Waals surface area contributed by atoms with Crippen molar-refractivity contribution in [2.24, 2.45) is 0 Å². The maximum Gasteiger partial charge on any atom is 0.333 e. The van der Waals surface area contributed by atoms with Crippen LogP contribution in [0.3, 0.4) is 0 Å². The van der Waals surface area contributed by atoms with Gasteiger partial charge in [0.25, 0.3) is 0 Å². The van der Waals surface area contributed by atoms with Gasteiger partial charge in [-0.1, -0.05) is 12.1 Å². The first-order valence-corrected chi connectivity index (χ1v) is 6.75. The van der Waals surface area contributed by atoms with Gasteiger partial charge in [0.2, 0.25) is 0 Å². The van der Waals surface area contributed by atoms with E-state index in [0.29, 0.717) is 22.5 Å². The number of nitriles is 1. The third-order valence-corrected chi connectivity index (χ3v) is 3.69. The number of carboxylic acids is 1. The molecule has 0 amide bonds. The number of aryl methyl sites for hydroxylation is 1. The summed E-state index contributed by atoms with van der Waals surface area (Å²) in [6.45, 7) is 3.45. The van der Waals surface area contributed by atoms with Gasteiger partial charge in [0, 0.05) is 11.4 Å². The molecule has 0 aliphatic heterocycles. The molecule has 5 heteroatoms. The normalized spacial score (nSPS) is 13.0. The fraction of sp³-hybridized carbons (Fsp3) is 0.176. The van der Waals surface area contributed by atoms with Crippen molar-refractivity contribution in [2.45, 2.75) is 19.4 Å². The Balaban J connectivity index is 2.41. The Morgan fingerprint density at radius 1 is 1.27 bits per heavy atom. The maximum atomic E-state index is 11.8. The van der Waals surface area contributed by atoms with E-state index in [4.69, 9.17) is 11.0 Å². The molecule has 112 valence electrons. The van der Waals surface area contributed by atoms with E-state index in [1.54, 1.807) is 49.4 Å². The van der Waals surface area contributed by atoms with Crippen molar-refractivity contribution in [3.05, 3.63) is 59.2 Å². The number of anilines is 2. The van der Waals surface area contributed by atoms with E-state index in [2.05, 4.69) is 5.32 Å². The molecule has 0 aliphatic rings. The Hall–Kier alpha value is -3.00. The second-order valence-corrected chi connectivity index (χ2v) is 5.32.